The van der Waals surface area contributed by atoms with E-state index in [0.717, 1.165) is 41.1 Å². The molecular formula is C32H37Cl2N3O5S. The second-order valence-corrected chi connectivity index (χ2v) is 13.6. The zero-order valence-corrected chi connectivity index (χ0v) is 27.1. The van der Waals surface area contributed by atoms with Gasteiger partial charge in [0.05, 0.1) is 17.7 Å². The number of halogens is 2. The van der Waals surface area contributed by atoms with Gasteiger partial charge >= 0.3 is 0 Å². The smallest absolute Gasteiger partial charge is 0.264 e. The number of methoxy groups -OCH3 is 1. The monoisotopic (exact) mass is 645 g/mol. The van der Waals surface area contributed by atoms with Gasteiger partial charge in [-0.25, -0.2) is 8.42 Å². The Bertz CT molecular complexity index is 1550. The van der Waals surface area contributed by atoms with E-state index in [2.05, 4.69) is 5.32 Å². The van der Waals surface area contributed by atoms with Gasteiger partial charge in [-0.15, -0.1) is 0 Å². The second kappa shape index (κ2) is 14.0. The zero-order valence-electron chi connectivity index (χ0n) is 24.8. The minimum Gasteiger partial charge on any atom is -0.495 e. The topological polar surface area (TPSA) is 96.0 Å². The van der Waals surface area contributed by atoms with Crippen LogP contribution in [-0.4, -0.2) is 50.9 Å². The average molecular weight is 647 g/mol. The van der Waals surface area contributed by atoms with Crippen molar-refractivity contribution in [3.05, 3.63) is 87.4 Å². The van der Waals surface area contributed by atoms with Crippen molar-refractivity contribution >= 4 is 50.7 Å². The van der Waals surface area contributed by atoms with Crippen LogP contribution in [-0.2, 0) is 26.2 Å². The largest absolute Gasteiger partial charge is 0.495 e. The molecule has 0 radical (unpaired) electrons. The molecule has 3 aromatic carbocycles. The van der Waals surface area contributed by atoms with E-state index in [-0.39, 0.29) is 34.8 Å². The molecule has 8 nitrogen and oxygen atoms in total. The second-order valence-electron chi connectivity index (χ2n) is 10.9. The summed E-state index contributed by atoms with van der Waals surface area (Å²) in [6, 6.07) is 15.6. The normalized spacial score (nSPS) is 14.3. The Balaban J connectivity index is 1.77. The highest BCUT2D eigenvalue weighted by Gasteiger charge is 2.35. The van der Waals surface area contributed by atoms with E-state index in [9.17, 15) is 18.0 Å². The van der Waals surface area contributed by atoms with Crippen LogP contribution in [0, 0.1) is 13.8 Å². The number of nitrogens with zero attached hydrogens (tertiary/aromatic N) is 2. The van der Waals surface area contributed by atoms with Crippen molar-refractivity contribution in [1.29, 1.82) is 0 Å². The Morgan fingerprint density at radius 2 is 1.58 bits per heavy atom. The maximum absolute atomic E-state index is 14.3. The summed E-state index contributed by atoms with van der Waals surface area (Å²) in [5, 5.41) is 3.71. The predicted molar refractivity (Wildman–Crippen MR) is 170 cm³/mol. The van der Waals surface area contributed by atoms with E-state index in [1.165, 1.54) is 24.1 Å². The van der Waals surface area contributed by atoms with Crippen LogP contribution in [0.2, 0.25) is 10.0 Å². The molecule has 1 aliphatic rings. The molecule has 3 aromatic rings. The van der Waals surface area contributed by atoms with Crippen molar-refractivity contribution in [2.45, 2.75) is 70.0 Å². The number of sulfonamides is 1. The fourth-order valence-electron chi connectivity index (χ4n) is 5.17. The third-order valence-corrected chi connectivity index (χ3v) is 10.2. The van der Waals surface area contributed by atoms with Crippen molar-refractivity contribution in [2.75, 3.05) is 18.0 Å². The number of carbonyl (C=O) groups excluding carboxylic acids is 2. The average Bonchev–Trinajstić information content (AvgIpc) is 3.48. The van der Waals surface area contributed by atoms with Crippen LogP contribution in [0.25, 0.3) is 0 Å². The fraction of sp³-hybridized carbons (Fsp3) is 0.375. The number of benzene rings is 3. The number of rotatable bonds is 11. The lowest BCUT2D eigenvalue weighted by atomic mass is 10.1. The third-order valence-electron chi connectivity index (χ3n) is 7.75. The maximum Gasteiger partial charge on any atom is 0.264 e. The van der Waals surface area contributed by atoms with Crippen LogP contribution in [0.5, 0.6) is 5.75 Å². The van der Waals surface area contributed by atoms with Crippen molar-refractivity contribution < 1.29 is 22.7 Å². The molecule has 1 atom stereocenters. The molecule has 4 rings (SSSR count). The molecular weight excluding hydrogens is 609 g/mol. The van der Waals surface area contributed by atoms with Crippen LogP contribution in [0.3, 0.4) is 0 Å². The zero-order chi connectivity index (χ0) is 31.3. The van der Waals surface area contributed by atoms with Crippen LogP contribution in [0.1, 0.15) is 49.3 Å². The Hall–Kier alpha value is -3.27. The van der Waals surface area contributed by atoms with Gasteiger partial charge in [-0.3, -0.25) is 13.9 Å². The summed E-state index contributed by atoms with van der Waals surface area (Å²) in [5.74, 6) is -0.657. The van der Waals surface area contributed by atoms with Crippen molar-refractivity contribution in [2.24, 2.45) is 0 Å². The van der Waals surface area contributed by atoms with E-state index in [0.29, 0.717) is 15.6 Å². The highest BCUT2D eigenvalue weighted by Crippen LogP contribution is 2.34. The maximum atomic E-state index is 14.3. The molecule has 1 saturated carbocycles. The van der Waals surface area contributed by atoms with Crippen LogP contribution in [0.4, 0.5) is 5.69 Å². The van der Waals surface area contributed by atoms with Crippen LogP contribution < -0.4 is 14.4 Å². The first-order valence-electron chi connectivity index (χ1n) is 14.2. The van der Waals surface area contributed by atoms with Gasteiger partial charge in [0.15, 0.2) is 0 Å². The number of anilines is 1. The third kappa shape index (κ3) is 7.63. The van der Waals surface area contributed by atoms with Gasteiger partial charge in [0, 0.05) is 28.2 Å². The highest BCUT2D eigenvalue weighted by atomic mass is 35.5. The van der Waals surface area contributed by atoms with E-state index in [1.54, 1.807) is 55.5 Å². The summed E-state index contributed by atoms with van der Waals surface area (Å²) in [6.07, 6.45) is 3.81. The number of amides is 2. The molecule has 0 bridgehead atoms. The number of nitrogens with one attached hydrogen (secondary N) is 1. The first-order valence-corrected chi connectivity index (χ1v) is 16.4. The van der Waals surface area contributed by atoms with E-state index >= 15 is 0 Å². The molecule has 0 heterocycles. The number of hydrogen-bond acceptors (Lipinski definition) is 5. The lowest BCUT2D eigenvalue weighted by Crippen LogP contribution is -2.52. The number of aryl methyl sites for hydroxylation is 2. The lowest BCUT2D eigenvalue weighted by molar-refractivity contribution is -0.139. The SMILES string of the molecule is COc1ccc(C)cc1N(CC(=O)N(Cc1c(Cl)cccc1Cl)C(C)C(=O)NC1CCCC1)S(=O)(=O)c1ccc(C)cc1. The number of carbonyl (C=O) groups is 2. The molecule has 0 saturated heterocycles. The molecule has 2 amide bonds. The van der Waals surface area contributed by atoms with E-state index in [4.69, 9.17) is 27.9 Å². The van der Waals surface area contributed by atoms with Gasteiger partial charge in [0.1, 0.15) is 18.3 Å². The quantitative estimate of drug-likeness (QED) is 0.264. The van der Waals surface area contributed by atoms with E-state index in [1.807, 2.05) is 13.8 Å². The predicted octanol–water partition coefficient (Wildman–Crippen LogP) is 6.29. The van der Waals surface area contributed by atoms with Gasteiger partial charge in [0.2, 0.25) is 11.8 Å². The first-order chi connectivity index (χ1) is 20.4. The Morgan fingerprint density at radius 1 is 0.977 bits per heavy atom. The minimum absolute atomic E-state index is 0.0159. The molecule has 230 valence electrons. The molecule has 1 aliphatic carbocycles. The Morgan fingerprint density at radius 3 is 2.19 bits per heavy atom. The first kappa shape index (κ1) is 32.6. The molecule has 1 fully saturated rings. The van der Waals surface area contributed by atoms with Crippen LogP contribution in [0.15, 0.2) is 65.6 Å². The standard InChI is InChI=1S/C32H37Cl2N3O5S/c1-21-12-15-25(16-13-21)43(40,41)37(29-18-22(2)14-17-30(29)42-4)20-31(38)36(19-26-27(33)10-7-11-28(26)34)23(3)32(39)35-24-8-5-6-9-24/h7,10-18,23-24H,5-6,8-9,19-20H2,1-4H3,(H,35,39). The molecule has 0 aliphatic heterocycles. The minimum atomic E-state index is -4.25. The van der Waals surface area contributed by atoms with Crippen molar-refractivity contribution in [1.82, 2.24) is 10.2 Å². The molecule has 0 aromatic heterocycles. The highest BCUT2D eigenvalue weighted by molar-refractivity contribution is 7.92. The van der Waals surface area contributed by atoms with E-state index < -0.39 is 28.5 Å². The molecule has 1 N–H and O–H groups in total. The van der Waals surface area contributed by atoms with Crippen molar-refractivity contribution in [3.63, 3.8) is 0 Å². The molecule has 43 heavy (non-hydrogen) atoms. The summed E-state index contributed by atoms with van der Waals surface area (Å²) >= 11 is 13.0. The van der Waals surface area contributed by atoms with Gasteiger partial charge in [-0.2, -0.15) is 0 Å². The van der Waals surface area contributed by atoms with Gasteiger partial charge < -0.3 is 15.0 Å². The lowest BCUT2D eigenvalue weighted by Gasteiger charge is -2.33. The summed E-state index contributed by atoms with van der Waals surface area (Å²) in [5.41, 5.74) is 2.33. The summed E-state index contributed by atoms with van der Waals surface area (Å²) in [7, 11) is -2.81. The van der Waals surface area contributed by atoms with Crippen molar-refractivity contribution in [3.8, 4) is 5.75 Å². The summed E-state index contributed by atoms with van der Waals surface area (Å²) < 4.78 is 34.9. The Labute approximate surface area is 264 Å². The summed E-state index contributed by atoms with van der Waals surface area (Å²) in [6.45, 7) is 4.61. The summed E-state index contributed by atoms with van der Waals surface area (Å²) in [4.78, 5) is 29.0. The van der Waals surface area contributed by atoms with Gasteiger partial charge in [-0.05, 0) is 75.6 Å². The van der Waals surface area contributed by atoms with Gasteiger partial charge in [0.25, 0.3) is 10.0 Å². The fourth-order valence-corrected chi connectivity index (χ4v) is 7.11. The van der Waals surface area contributed by atoms with Crippen LogP contribution >= 0.6 is 23.2 Å². The molecule has 11 heteroatoms. The number of hydrogen-bond donors (Lipinski definition) is 1. The molecule has 0 spiro atoms. The number of ether oxygens (including phenoxy) is 1. The Kier molecular flexibility index (Phi) is 10.6. The molecule has 1 unspecified atom stereocenters. The van der Waals surface area contributed by atoms with Gasteiger partial charge in [-0.1, -0.05) is 65.9 Å².